The topological polar surface area (TPSA) is 96.2 Å². The first-order valence-corrected chi connectivity index (χ1v) is 8.46. The molecule has 0 saturated heterocycles. The van der Waals surface area contributed by atoms with Crippen LogP contribution in [0.5, 0.6) is 11.5 Å². The molecule has 1 amide bonds. The van der Waals surface area contributed by atoms with E-state index in [9.17, 15) is 9.59 Å². The molecule has 2 aromatic carbocycles. The lowest BCUT2D eigenvalue weighted by atomic mass is 10.1. The van der Waals surface area contributed by atoms with E-state index < -0.39 is 12.2 Å². The Labute approximate surface area is 149 Å². The van der Waals surface area contributed by atoms with E-state index in [-0.39, 0.29) is 17.6 Å². The van der Waals surface area contributed by atoms with Gasteiger partial charge in [0.1, 0.15) is 6.10 Å². The molecule has 2 heterocycles. The maximum atomic E-state index is 12.7. The highest BCUT2D eigenvalue weighted by atomic mass is 16.6. The molecule has 1 aromatic heterocycles. The van der Waals surface area contributed by atoms with Gasteiger partial charge in [-0.15, -0.1) is 0 Å². The Hall–Kier alpha value is -3.22. The van der Waals surface area contributed by atoms with E-state index in [0.717, 1.165) is 11.1 Å². The normalized spacial score (nSPS) is 19.9. The number of H-pyrrole nitrogens is 2. The molecule has 1 aliphatic heterocycles. The van der Waals surface area contributed by atoms with Gasteiger partial charge >= 0.3 is 5.69 Å². The van der Waals surface area contributed by atoms with E-state index in [4.69, 9.17) is 9.47 Å². The van der Waals surface area contributed by atoms with Crippen LogP contribution in [0.3, 0.4) is 0 Å². The molecule has 0 bridgehead atoms. The summed E-state index contributed by atoms with van der Waals surface area (Å²) in [5.41, 5.74) is 2.06. The number of aromatic nitrogens is 2. The molecule has 134 valence electrons. The fraction of sp³-hybridized carbons (Fsp3) is 0.263. The highest BCUT2D eigenvalue weighted by molar-refractivity contribution is 5.83. The Morgan fingerprint density at radius 2 is 1.77 bits per heavy atom. The lowest BCUT2D eigenvalue weighted by Gasteiger charge is -2.31. The summed E-state index contributed by atoms with van der Waals surface area (Å²) in [5, 5.41) is 2.95. The quantitative estimate of drug-likeness (QED) is 0.673. The van der Waals surface area contributed by atoms with Crippen molar-refractivity contribution in [3.63, 3.8) is 0 Å². The zero-order valence-corrected chi connectivity index (χ0v) is 14.4. The van der Waals surface area contributed by atoms with E-state index in [2.05, 4.69) is 15.3 Å². The third-order valence-electron chi connectivity index (χ3n) is 4.50. The van der Waals surface area contributed by atoms with Gasteiger partial charge in [-0.2, -0.15) is 0 Å². The first-order chi connectivity index (χ1) is 12.5. The van der Waals surface area contributed by atoms with Gasteiger partial charge in [-0.3, -0.25) is 4.79 Å². The second kappa shape index (κ2) is 6.25. The number of hydrogen-bond donors (Lipinski definition) is 3. The summed E-state index contributed by atoms with van der Waals surface area (Å²) in [6, 6.07) is 12.6. The minimum atomic E-state index is -0.733. The van der Waals surface area contributed by atoms with Gasteiger partial charge in [-0.05, 0) is 43.7 Å². The number of imidazole rings is 1. The SMILES string of the molecule is CC(NC(=O)C1Oc2ccccc2OC1C)c1ccc2[nH]c(=O)[nH]c2c1. The summed E-state index contributed by atoms with van der Waals surface area (Å²) in [6.45, 7) is 3.69. The van der Waals surface area contributed by atoms with Crippen molar-refractivity contribution in [3.8, 4) is 11.5 Å². The molecule has 3 unspecified atom stereocenters. The van der Waals surface area contributed by atoms with Crippen LogP contribution in [0.25, 0.3) is 11.0 Å². The predicted octanol–water partition coefficient (Wildman–Crippen LogP) is 2.26. The van der Waals surface area contributed by atoms with E-state index in [0.29, 0.717) is 17.0 Å². The highest BCUT2D eigenvalue weighted by Crippen LogP contribution is 2.33. The van der Waals surface area contributed by atoms with Crippen LogP contribution in [0.4, 0.5) is 0 Å². The highest BCUT2D eigenvalue weighted by Gasteiger charge is 2.34. The van der Waals surface area contributed by atoms with E-state index in [1.807, 2.05) is 43.3 Å². The van der Waals surface area contributed by atoms with Gasteiger partial charge in [0.25, 0.3) is 5.91 Å². The molecule has 3 atom stereocenters. The van der Waals surface area contributed by atoms with Crippen molar-refractivity contribution in [1.82, 2.24) is 15.3 Å². The largest absolute Gasteiger partial charge is 0.482 e. The van der Waals surface area contributed by atoms with Crippen molar-refractivity contribution < 1.29 is 14.3 Å². The van der Waals surface area contributed by atoms with Crippen LogP contribution in [0.2, 0.25) is 0 Å². The molecule has 4 rings (SSSR count). The number of carbonyl (C=O) groups is 1. The number of para-hydroxylation sites is 2. The fourth-order valence-corrected chi connectivity index (χ4v) is 3.10. The molecular weight excluding hydrogens is 334 g/mol. The van der Waals surface area contributed by atoms with E-state index in [1.165, 1.54) is 0 Å². The van der Waals surface area contributed by atoms with Gasteiger partial charge < -0.3 is 24.8 Å². The Morgan fingerprint density at radius 3 is 2.54 bits per heavy atom. The summed E-state index contributed by atoms with van der Waals surface area (Å²) in [7, 11) is 0. The lowest BCUT2D eigenvalue weighted by molar-refractivity contribution is -0.134. The average Bonchev–Trinajstić information content (AvgIpc) is 3.00. The molecule has 3 N–H and O–H groups in total. The molecule has 26 heavy (non-hydrogen) atoms. The third-order valence-corrected chi connectivity index (χ3v) is 4.50. The molecule has 0 spiro atoms. The van der Waals surface area contributed by atoms with Crippen molar-refractivity contribution in [2.24, 2.45) is 0 Å². The Kier molecular flexibility index (Phi) is 3.91. The van der Waals surface area contributed by atoms with E-state index >= 15 is 0 Å². The Morgan fingerprint density at radius 1 is 1.08 bits per heavy atom. The second-order valence-corrected chi connectivity index (χ2v) is 6.42. The molecule has 0 fully saturated rings. The van der Waals surface area contributed by atoms with Crippen molar-refractivity contribution in [2.75, 3.05) is 0 Å². The van der Waals surface area contributed by atoms with Gasteiger partial charge in [0.05, 0.1) is 17.1 Å². The van der Waals surface area contributed by atoms with Crippen LogP contribution in [0.1, 0.15) is 25.5 Å². The van der Waals surface area contributed by atoms with Crippen molar-refractivity contribution in [2.45, 2.75) is 32.1 Å². The minimum Gasteiger partial charge on any atom is -0.482 e. The summed E-state index contributed by atoms with van der Waals surface area (Å²) in [4.78, 5) is 29.5. The van der Waals surface area contributed by atoms with E-state index in [1.54, 1.807) is 13.0 Å². The summed E-state index contributed by atoms with van der Waals surface area (Å²) >= 11 is 0. The zero-order valence-electron chi connectivity index (χ0n) is 14.4. The average molecular weight is 353 g/mol. The standard InChI is InChI=1S/C19H19N3O4/c1-10(12-7-8-13-14(9-12)22-19(24)21-13)20-18(23)17-11(2)25-15-5-3-4-6-16(15)26-17/h3-11,17H,1-2H3,(H,20,23)(H2,21,22,24). The number of nitrogens with one attached hydrogen (secondary N) is 3. The Balaban J connectivity index is 1.50. The van der Waals surface area contributed by atoms with Gasteiger partial charge in [0.2, 0.25) is 6.10 Å². The zero-order chi connectivity index (χ0) is 18.3. The lowest BCUT2D eigenvalue weighted by Crippen LogP contribution is -2.49. The summed E-state index contributed by atoms with van der Waals surface area (Å²) < 4.78 is 11.6. The fourth-order valence-electron chi connectivity index (χ4n) is 3.10. The van der Waals surface area contributed by atoms with Gasteiger partial charge in [0.15, 0.2) is 11.5 Å². The van der Waals surface area contributed by atoms with Crippen molar-refractivity contribution in [1.29, 1.82) is 0 Å². The molecule has 7 nitrogen and oxygen atoms in total. The number of hydrogen-bond acceptors (Lipinski definition) is 4. The first kappa shape index (κ1) is 16.3. The van der Waals surface area contributed by atoms with Crippen molar-refractivity contribution >= 4 is 16.9 Å². The van der Waals surface area contributed by atoms with Crippen LogP contribution >= 0.6 is 0 Å². The Bertz CT molecular complexity index is 1020. The minimum absolute atomic E-state index is 0.248. The molecule has 1 aliphatic rings. The van der Waals surface area contributed by atoms with Crippen LogP contribution in [-0.4, -0.2) is 28.1 Å². The molecule has 7 heteroatoms. The number of fused-ring (bicyclic) bond motifs is 2. The second-order valence-electron chi connectivity index (χ2n) is 6.42. The summed E-state index contributed by atoms with van der Waals surface area (Å²) in [6.07, 6.45) is -1.14. The number of aromatic amines is 2. The number of benzene rings is 2. The predicted molar refractivity (Wildman–Crippen MR) is 96.4 cm³/mol. The molecule has 0 aliphatic carbocycles. The van der Waals surface area contributed by atoms with Crippen LogP contribution in [0.15, 0.2) is 47.3 Å². The smallest absolute Gasteiger partial charge is 0.323 e. The van der Waals surface area contributed by atoms with Crippen LogP contribution in [0, 0.1) is 0 Å². The van der Waals surface area contributed by atoms with Gasteiger partial charge in [-0.25, -0.2) is 4.79 Å². The molecule has 0 radical (unpaired) electrons. The monoisotopic (exact) mass is 353 g/mol. The summed E-state index contributed by atoms with van der Waals surface area (Å²) in [5.74, 6) is 0.950. The van der Waals surface area contributed by atoms with Crippen molar-refractivity contribution in [3.05, 3.63) is 58.5 Å². The van der Waals surface area contributed by atoms with Crippen LogP contribution in [-0.2, 0) is 4.79 Å². The maximum absolute atomic E-state index is 12.7. The number of amides is 1. The maximum Gasteiger partial charge on any atom is 0.323 e. The molecule has 0 saturated carbocycles. The number of carbonyl (C=O) groups excluding carboxylic acids is 1. The third kappa shape index (κ3) is 2.92. The van der Waals surface area contributed by atoms with Gasteiger partial charge in [-0.1, -0.05) is 18.2 Å². The molecule has 3 aromatic rings. The number of rotatable bonds is 3. The number of ether oxygens (including phenoxy) is 2. The first-order valence-electron chi connectivity index (χ1n) is 8.46. The van der Waals surface area contributed by atoms with Gasteiger partial charge in [0, 0.05) is 0 Å². The van der Waals surface area contributed by atoms with Crippen LogP contribution < -0.4 is 20.5 Å². The molecular formula is C19H19N3O4.